The van der Waals surface area contributed by atoms with Gasteiger partial charge in [0.25, 0.3) is 0 Å². The molecule has 0 aliphatic carbocycles. The van der Waals surface area contributed by atoms with Gasteiger partial charge in [0.15, 0.2) is 0 Å². The van der Waals surface area contributed by atoms with Crippen molar-refractivity contribution in [1.82, 2.24) is 4.57 Å². The highest BCUT2D eigenvalue weighted by Crippen LogP contribution is 2.24. The van der Waals surface area contributed by atoms with Crippen LogP contribution in [0.1, 0.15) is 22.3 Å². The number of para-hydroxylation sites is 1. The summed E-state index contributed by atoms with van der Waals surface area (Å²) in [7, 11) is 0. The summed E-state index contributed by atoms with van der Waals surface area (Å²) in [5, 5.41) is 10.2. The van der Waals surface area contributed by atoms with Crippen LogP contribution in [0.4, 0.5) is 0 Å². The molecular formula is C13H16N2O2. The number of benzene rings is 1. The molecule has 0 bridgehead atoms. The predicted octanol–water partition coefficient (Wildman–Crippen LogP) is 2.00. The Labute approximate surface area is 99.7 Å². The number of carboxylic acid groups (broad SMARTS) is 1. The van der Waals surface area contributed by atoms with Crippen LogP contribution >= 0.6 is 0 Å². The zero-order valence-electron chi connectivity index (χ0n) is 9.81. The third kappa shape index (κ3) is 2.03. The predicted molar refractivity (Wildman–Crippen MR) is 67.3 cm³/mol. The van der Waals surface area contributed by atoms with Gasteiger partial charge < -0.3 is 15.4 Å². The van der Waals surface area contributed by atoms with E-state index >= 15 is 0 Å². The summed E-state index contributed by atoms with van der Waals surface area (Å²) < 4.78 is 1.99. The minimum Gasteiger partial charge on any atom is -0.478 e. The van der Waals surface area contributed by atoms with E-state index in [0.29, 0.717) is 12.1 Å². The molecule has 0 spiro atoms. The van der Waals surface area contributed by atoms with Crippen molar-refractivity contribution in [2.75, 3.05) is 6.54 Å². The maximum atomic E-state index is 11.2. The topological polar surface area (TPSA) is 68.2 Å². The lowest BCUT2D eigenvalue weighted by molar-refractivity contribution is 0.0698. The van der Waals surface area contributed by atoms with Crippen molar-refractivity contribution in [2.24, 2.45) is 5.73 Å². The van der Waals surface area contributed by atoms with E-state index < -0.39 is 5.97 Å². The molecule has 3 N–H and O–H groups in total. The van der Waals surface area contributed by atoms with Crippen LogP contribution in [0.5, 0.6) is 0 Å². The van der Waals surface area contributed by atoms with Crippen molar-refractivity contribution in [1.29, 1.82) is 0 Å². The van der Waals surface area contributed by atoms with Gasteiger partial charge in [0.05, 0.1) is 11.1 Å². The fraction of sp³-hybridized carbons (Fsp3) is 0.308. The molecule has 2 aromatic rings. The average molecular weight is 232 g/mol. The Kier molecular flexibility index (Phi) is 3.15. The van der Waals surface area contributed by atoms with E-state index in [-0.39, 0.29) is 0 Å². The number of carbonyl (C=O) groups is 1. The van der Waals surface area contributed by atoms with Crippen LogP contribution in [0.25, 0.3) is 10.9 Å². The Hall–Kier alpha value is -1.81. The molecule has 0 atom stereocenters. The Morgan fingerprint density at radius 2 is 2.24 bits per heavy atom. The van der Waals surface area contributed by atoms with Crippen LogP contribution in [0.3, 0.4) is 0 Å². The number of aromatic carboxylic acids is 1. The second kappa shape index (κ2) is 4.59. The minimum atomic E-state index is -0.886. The van der Waals surface area contributed by atoms with E-state index in [4.69, 9.17) is 5.73 Å². The minimum absolute atomic E-state index is 0.354. The Morgan fingerprint density at radius 1 is 1.47 bits per heavy atom. The molecule has 0 saturated heterocycles. The first-order valence-electron chi connectivity index (χ1n) is 5.67. The molecule has 0 unspecified atom stereocenters. The molecule has 0 saturated carbocycles. The van der Waals surface area contributed by atoms with Crippen molar-refractivity contribution in [3.05, 3.63) is 35.5 Å². The van der Waals surface area contributed by atoms with Gasteiger partial charge in [-0.05, 0) is 31.5 Å². The monoisotopic (exact) mass is 232 g/mol. The van der Waals surface area contributed by atoms with Gasteiger partial charge in [0.1, 0.15) is 0 Å². The highest BCUT2D eigenvalue weighted by atomic mass is 16.4. The molecule has 4 heteroatoms. The number of nitrogens with two attached hydrogens (primary N) is 1. The number of fused-ring (bicyclic) bond motifs is 1. The fourth-order valence-electron chi connectivity index (χ4n) is 2.15. The molecule has 1 heterocycles. The number of nitrogens with zero attached hydrogens (tertiary/aromatic N) is 1. The molecule has 17 heavy (non-hydrogen) atoms. The largest absolute Gasteiger partial charge is 0.478 e. The smallest absolute Gasteiger partial charge is 0.337 e. The molecular weight excluding hydrogens is 216 g/mol. The highest BCUT2D eigenvalue weighted by Gasteiger charge is 2.13. The molecule has 4 nitrogen and oxygen atoms in total. The molecule has 90 valence electrons. The maximum Gasteiger partial charge on any atom is 0.337 e. The zero-order chi connectivity index (χ0) is 12.4. The van der Waals surface area contributed by atoms with Crippen LogP contribution in [0.2, 0.25) is 0 Å². The number of rotatable bonds is 4. The van der Waals surface area contributed by atoms with Crippen molar-refractivity contribution < 1.29 is 9.90 Å². The summed E-state index contributed by atoms with van der Waals surface area (Å²) >= 11 is 0. The summed E-state index contributed by atoms with van der Waals surface area (Å²) in [5.74, 6) is -0.886. The average Bonchev–Trinajstić information content (AvgIpc) is 2.64. The lowest BCUT2D eigenvalue weighted by Gasteiger charge is -2.06. The van der Waals surface area contributed by atoms with Crippen LogP contribution in [-0.2, 0) is 6.54 Å². The normalized spacial score (nSPS) is 10.9. The number of hydrogen-bond donors (Lipinski definition) is 2. The zero-order valence-corrected chi connectivity index (χ0v) is 9.81. The molecule has 0 amide bonds. The van der Waals surface area contributed by atoms with Gasteiger partial charge in [-0.2, -0.15) is 0 Å². The van der Waals surface area contributed by atoms with Gasteiger partial charge in [0.2, 0.25) is 0 Å². The first-order valence-corrected chi connectivity index (χ1v) is 5.67. The SMILES string of the molecule is Cc1cn(CCCN)c2c(C(=O)O)cccc12. The second-order valence-electron chi connectivity index (χ2n) is 4.15. The molecule has 0 aliphatic rings. The van der Waals surface area contributed by atoms with Gasteiger partial charge in [-0.3, -0.25) is 0 Å². The highest BCUT2D eigenvalue weighted by molar-refractivity contribution is 6.03. The van der Waals surface area contributed by atoms with Crippen molar-refractivity contribution in [3.63, 3.8) is 0 Å². The summed E-state index contributed by atoms with van der Waals surface area (Å²) in [6.07, 6.45) is 2.84. The maximum absolute atomic E-state index is 11.2. The quantitative estimate of drug-likeness (QED) is 0.847. The lowest BCUT2D eigenvalue weighted by atomic mass is 10.1. The molecule has 1 aromatic heterocycles. The van der Waals surface area contributed by atoms with Crippen LogP contribution in [0, 0.1) is 6.92 Å². The van der Waals surface area contributed by atoms with Crippen LogP contribution in [0.15, 0.2) is 24.4 Å². The summed E-state index contributed by atoms with van der Waals surface area (Å²) in [5.41, 5.74) is 7.74. The number of aryl methyl sites for hydroxylation is 2. The van der Waals surface area contributed by atoms with Crippen molar-refractivity contribution >= 4 is 16.9 Å². The van der Waals surface area contributed by atoms with E-state index in [1.807, 2.05) is 23.8 Å². The summed E-state index contributed by atoms with van der Waals surface area (Å²) in [6.45, 7) is 3.35. The van der Waals surface area contributed by atoms with E-state index in [2.05, 4.69) is 0 Å². The Bertz CT molecular complexity index is 558. The Morgan fingerprint density at radius 3 is 2.88 bits per heavy atom. The van der Waals surface area contributed by atoms with Gasteiger partial charge >= 0.3 is 5.97 Å². The lowest BCUT2D eigenvalue weighted by Crippen LogP contribution is -2.07. The van der Waals surface area contributed by atoms with Crippen LogP contribution in [-0.4, -0.2) is 22.2 Å². The van der Waals surface area contributed by atoms with E-state index in [1.54, 1.807) is 12.1 Å². The number of aromatic nitrogens is 1. The Balaban J connectivity index is 2.63. The summed E-state index contributed by atoms with van der Waals surface area (Å²) in [6, 6.07) is 5.38. The van der Waals surface area contributed by atoms with E-state index in [9.17, 15) is 9.90 Å². The first kappa shape index (κ1) is 11.7. The van der Waals surface area contributed by atoms with E-state index in [0.717, 1.165) is 29.4 Å². The van der Waals surface area contributed by atoms with E-state index in [1.165, 1.54) is 0 Å². The fourth-order valence-corrected chi connectivity index (χ4v) is 2.15. The molecule has 0 fully saturated rings. The van der Waals surface area contributed by atoms with Crippen LogP contribution < -0.4 is 5.73 Å². The standard InChI is InChI=1S/C13H16N2O2/c1-9-8-15(7-3-6-14)12-10(9)4-2-5-11(12)13(16)17/h2,4-5,8H,3,6-7,14H2,1H3,(H,16,17). The molecule has 1 aromatic carbocycles. The van der Waals surface area contributed by atoms with Gasteiger partial charge in [-0.15, -0.1) is 0 Å². The van der Waals surface area contributed by atoms with Gasteiger partial charge in [0, 0.05) is 18.1 Å². The number of hydrogen-bond acceptors (Lipinski definition) is 2. The molecule has 0 radical (unpaired) electrons. The first-order chi connectivity index (χ1) is 8.15. The number of carboxylic acids is 1. The second-order valence-corrected chi connectivity index (χ2v) is 4.15. The third-order valence-electron chi connectivity index (χ3n) is 2.93. The molecule has 2 rings (SSSR count). The van der Waals surface area contributed by atoms with Crippen molar-refractivity contribution in [2.45, 2.75) is 19.9 Å². The summed E-state index contributed by atoms with van der Waals surface area (Å²) in [4.78, 5) is 11.2. The van der Waals surface area contributed by atoms with Gasteiger partial charge in [-0.25, -0.2) is 4.79 Å². The van der Waals surface area contributed by atoms with Crippen molar-refractivity contribution in [3.8, 4) is 0 Å². The van der Waals surface area contributed by atoms with Gasteiger partial charge in [-0.1, -0.05) is 12.1 Å². The third-order valence-corrected chi connectivity index (χ3v) is 2.93. The molecule has 0 aliphatic heterocycles.